The second kappa shape index (κ2) is 7.11. The minimum absolute atomic E-state index is 0.262. The Bertz CT molecular complexity index is 710. The van der Waals surface area contributed by atoms with Crippen LogP contribution < -0.4 is 4.90 Å². The molecule has 0 amide bonds. The molecule has 1 aliphatic heterocycles. The van der Waals surface area contributed by atoms with E-state index in [0.717, 1.165) is 13.1 Å². The van der Waals surface area contributed by atoms with Gasteiger partial charge in [0.1, 0.15) is 5.82 Å². The molecule has 0 saturated carbocycles. The predicted octanol–water partition coefficient (Wildman–Crippen LogP) is 2.35. The molecule has 1 aliphatic rings. The molecular weight excluding hydrogens is 297 g/mol. The summed E-state index contributed by atoms with van der Waals surface area (Å²) in [6.07, 6.45) is 6.33. The van der Waals surface area contributed by atoms with E-state index in [0.29, 0.717) is 30.3 Å². The lowest BCUT2D eigenvalue weighted by molar-refractivity contribution is 0.104. The van der Waals surface area contributed by atoms with Crippen molar-refractivity contribution in [2.75, 3.05) is 31.2 Å². The predicted molar refractivity (Wildman–Crippen MR) is 84.8 cm³/mol. The van der Waals surface area contributed by atoms with E-state index in [1.165, 1.54) is 24.3 Å². The summed E-state index contributed by atoms with van der Waals surface area (Å²) in [5.41, 5.74) is 1.03. The number of halogens is 1. The number of allylic oxidation sites excluding steroid dienone is 1. The number of ether oxygens (including phenoxy) is 1. The average Bonchev–Trinajstić information content (AvgIpc) is 2.61. The molecule has 2 heterocycles. The first-order chi connectivity index (χ1) is 11.2. The molecule has 0 bridgehead atoms. The Hall–Kier alpha value is -2.60. The molecule has 5 nitrogen and oxygen atoms in total. The molecule has 0 atom stereocenters. The van der Waals surface area contributed by atoms with Gasteiger partial charge in [-0.2, -0.15) is 0 Å². The molecule has 1 fully saturated rings. The van der Waals surface area contributed by atoms with Crippen LogP contribution in [0, 0.1) is 5.82 Å². The van der Waals surface area contributed by atoms with Gasteiger partial charge in [-0.15, -0.1) is 0 Å². The molecule has 6 heteroatoms. The maximum atomic E-state index is 13.1. The second-order valence-electron chi connectivity index (χ2n) is 5.12. The van der Waals surface area contributed by atoms with E-state index in [1.54, 1.807) is 24.5 Å². The number of hydrogen-bond acceptors (Lipinski definition) is 5. The van der Waals surface area contributed by atoms with E-state index in [4.69, 9.17) is 4.74 Å². The van der Waals surface area contributed by atoms with Crippen molar-refractivity contribution in [3.8, 4) is 0 Å². The molecular formula is C17H16FN3O2. The summed E-state index contributed by atoms with van der Waals surface area (Å²) in [4.78, 5) is 22.6. The molecule has 2 aromatic rings. The van der Waals surface area contributed by atoms with E-state index in [2.05, 4.69) is 14.9 Å². The van der Waals surface area contributed by atoms with Gasteiger partial charge in [-0.3, -0.25) is 4.79 Å². The number of carbonyl (C=O) groups excluding carboxylic acids is 1. The van der Waals surface area contributed by atoms with E-state index >= 15 is 0 Å². The van der Waals surface area contributed by atoms with Crippen LogP contribution in [0.1, 0.15) is 15.9 Å². The molecule has 1 saturated heterocycles. The van der Waals surface area contributed by atoms with Crippen LogP contribution in [-0.2, 0) is 4.74 Å². The van der Waals surface area contributed by atoms with Crippen LogP contribution in [0.3, 0.4) is 0 Å². The zero-order chi connectivity index (χ0) is 16.1. The third-order valence-corrected chi connectivity index (χ3v) is 3.49. The summed E-state index contributed by atoms with van der Waals surface area (Å²) in [5.74, 6) is -0.0360. The summed E-state index contributed by atoms with van der Waals surface area (Å²) in [6.45, 7) is 2.89. The number of nitrogens with zero attached hydrogens (tertiary/aromatic N) is 3. The van der Waals surface area contributed by atoms with Crippen molar-refractivity contribution in [2.24, 2.45) is 0 Å². The molecule has 1 aromatic heterocycles. The number of rotatable bonds is 4. The van der Waals surface area contributed by atoms with Crippen LogP contribution in [-0.4, -0.2) is 42.1 Å². The van der Waals surface area contributed by atoms with E-state index < -0.39 is 5.82 Å². The lowest BCUT2D eigenvalue weighted by Crippen LogP contribution is -2.37. The summed E-state index contributed by atoms with van der Waals surface area (Å²) in [7, 11) is 0. The lowest BCUT2D eigenvalue weighted by atomic mass is 10.1. The highest BCUT2D eigenvalue weighted by Crippen LogP contribution is 2.11. The first kappa shape index (κ1) is 15.3. The number of morpholine rings is 1. The molecule has 0 spiro atoms. The van der Waals surface area contributed by atoms with Crippen molar-refractivity contribution >= 4 is 17.8 Å². The summed E-state index contributed by atoms with van der Waals surface area (Å²) < 4.78 is 18.4. The third-order valence-electron chi connectivity index (χ3n) is 3.49. The number of hydrogen-bond donors (Lipinski definition) is 0. The Morgan fingerprint density at radius 1 is 1.22 bits per heavy atom. The Labute approximate surface area is 133 Å². The lowest BCUT2D eigenvalue weighted by Gasteiger charge is -2.26. The molecule has 3 rings (SSSR count). The number of benzene rings is 1. The van der Waals surface area contributed by atoms with Gasteiger partial charge in [0.15, 0.2) is 5.78 Å². The zero-order valence-electron chi connectivity index (χ0n) is 12.5. The minimum atomic E-state index is -0.428. The number of anilines is 1. The van der Waals surface area contributed by atoms with Gasteiger partial charge in [0, 0.05) is 36.6 Å². The van der Waals surface area contributed by atoms with Crippen LogP contribution in [0.15, 0.2) is 42.7 Å². The van der Waals surface area contributed by atoms with Gasteiger partial charge in [-0.1, -0.05) is 12.1 Å². The van der Waals surface area contributed by atoms with Gasteiger partial charge < -0.3 is 9.64 Å². The van der Waals surface area contributed by atoms with E-state index in [-0.39, 0.29) is 5.78 Å². The van der Waals surface area contributed by atoms with Crippen LogP contribution in [0.25, 0.3) is 6.08 Å². The maximum Gasteiger partial charge on any atom is 0.225 e. The minimum Gasteiger partial charge on any atom is -0.378 e. The maximum absolute atomic E-state index is 13.1. The number of carbonyl (C=O) groups is 1. The van der Waals surface area contributed by atoms with Gasteiger partial charge in [0.2, 0.25) is 5.95 Å². The van der Waals surface area contributed by atoms with Crippen molar-refractivity contribution in [1.29, 1.82) is 0 Å². The van der Waals surface area contributed by atoms with Crippen molar-refractivity contribution in [3.05, 3.63) is 59.7 Å². The fourth-order valence-corrected chi connectivity index (χ4v) is 2.25. The Kier molecular flexibility index (Phi) is 4.73. The molecule has 0 aliphatic carbocycles. The van der Waals surface area contributed by atoms with Crippen molar-refractivity contribution in [2.45, 2.75) is 0 Å². The molecule has 118 valence electrons. The summed E-state index contributed by atoms with van der Waals surface area (Å²) in [5, 5.41) is 0. The quantitative estimate of drug-likeness (QED) is 0.640. The molecule has 23 heavy (non-hydrogen) atoms. The Balaban J connectivity index is 1.66. The highest BCUT2D eigenvalue weighted by Gasteiger charge is 2.13. The highest BCUT2D eigenvalue weighted by molar-refractivity contribution is 6.06. The van der Waals surface area contributed by atoms with Crippen LogP contribution in [0.5, 0.6) is 0 Å². The van der Waals surface area contributed by atoms with Gasteiger partial charge >= 0.3 is 0 Å². The van der Waals surface area contributed by atoms with Crippen molar-refractivity contribution in [1.82, 2.24) is 9.97 Å². The van der Waals surface area contributed by atoms with Gasteiger partial charge in [-0.25, -0.2) is 14.4 Å². The fourth-order valence-electron chi connectivity index (χ4n) is 2.25. The topological polar surface area (TPSA) is 55.3 Å². The number of ketones is 1. The largest absolute Gasteiger partial charge is 0.378 e. The third kappa shape index (κ3) is 3.98. The van der Waals surface area contributed by atoms with E-state index in [9.17, 15) is 9.18 Å². The summed E-state index contributed by atoms with van der Waals surface area (Å²) in [6, 6.07) is 5.60. The standard InChI is InChI=1S/C17H16FN3O2/c18-15-3-1-2-14(10-15)16(22)5-4-13-11-19-17(20-12-13)21-6-8-23-9-7-21/h1-5,10-12H,6-9H2/b5-4+. The van der Waals surface area contributed by atoms with Gasteiger partial charge in [0.25, 0.3) is 0 Å². The van der Waals surface area contributed by atoms with Crippen molar-refractivity contribution < 1.29 is 13.9 Å². The zero-order valence-corrected chi connectivity index (χ0v) is 12.5. The van der Waals surface area contributed by atoms with Gasteiger partial charge in [0.05, 0.1) is 13.2 Å². The number of aromatic nitrogens is 2. The molecule has 0 radical (unpaired) electrons. The normalized spacial score (nSPS) is 15.1. The van der Waals surface area contributed by atoms with Crippen molar-refractivity contribution in [3.63, 3.8) is 0 Å². The van der Waals surface area contributed by atoms with Crippen LogP contribution in [0.2, 0.25) is 0 Å². The smallest absolute Gasteiger partial charge is 0.225 e. The average molecular weight is 313 g/mol. The first-order valence-corrected chi connectivity index (χ1v) is 7.35. The summed E-state index contributed by atoms with van der Waals surface area (Å²) >= 11 is 0. The van der Waals surface area contributed by atoms with Gasteiger partial charge in [-0.05, 0) is 24.3 Å². The van der Waals surface area contributed by atoms with Crippen LogP contribution >= 0.6 is 0 Å². The fraction of sp³-hybridized carbons (Fsp3) is 0.235. The molecule has 0 N–H and O–H groups in total. The Morgan fingerprint density at radius 3 is 2.65 bits per heavy atom. The SMILES string of the molecule is O=C(/C=C/c1cnc(N2CCOCC2)nc1)c1cccc(F)c1. The van der Waals surface area contributed by atoms with E-state index in [1.807, 2.05) is 0 Å². The second-order valence-corrected chi connectivity index (χ2v) is 5.12. The van der Waals surface area contributed by atoms with Crippen LogP contribution in [0.4, 0.5) is 10.3 Å². The first-order valence-electron chi connectivity index (χ1n) is 7.35. The monoisotopic (exact) mass is 313 g/mol. The Morgan fingerprint density at radius 2 is 1.96 bits per heavy atom. The molecule has 1 aromatic carbocycles. The molecule has 0 unspecified atom stereocenters. The highest BCUT2D eigenvalue weighted by atomic mass is 19.1.